The topological polar surface area (TPSA) is 138 Å². The Morgan fingerprint density at radius 3 is 0.760 bits per heavy atom. The van der Waals surface area contributed by atoms with Gasteiger partial charge in [-0.15, -0.1) is 0 Å². The summed E-state index contributed by atoms with van der Waals surface area (Å²) in [7, 11) is 0. The molecular weight excluding hydrogens is 632 g/mol. The molecule has 3 N–H and O–H groups in total. The number of ether oxygens (including phenoxy) is 1. The van der Waals surface area contributed by atoms with Gasteiger partial charge in [-0.05, 0) is 84.0 Å². The van der Waals surface area contributed by atoms with Gasteiger partial charge in [0.05, 0.1) is 28.3 Å². The normalized spacial score (nSPS) is 19.5. The molecule has 4 aliphatic carbocycles. The van der Waals surface area contributed by atoms with Crippen LogP contribution >= 0.6 is 0 Å². The molecular formula is C42H72O8. The highest BCUT2D eigenvalue weighted by Crippen LogP contribution is 2.52. The molecule has 0 amide bonds. The van der Waals surface area contributed by atoms with E-state index in [1.54, 1.807) is 0 Å². The van der Waals surface area contributed by atoms with Crippen LogP contribution in [0.4, 0.5) is 0 Å². The molecule has 0 heterocycles. The summed E-state index contributed by atoms with van der Waals surface area (Å²) in [6.07, 6.45) is 35.4. The highest BCUT2D eigenvalue weighted by Gasteiger charge is 2.51. The van der Waals surface area contributed by atoms with Crippen LogP contribution in [-0.4, -0.2) is 45.8 Å². The van der Waals surface area contributed by atoms with Gasteiger partial charge in [-0.2, -0.15) is 0 Å². The van der Waals surface area contributed by atoms with Crippen molar-refractivity contribution in [2.24, 2.45) is 21.7 Å². The number of carboxylic acid groups (broad SMARTS) is 3. The first-order valence-corrected chi connectivity index (χ1v) is 20.9. The molecule has 0 saturated heterocycles. The van der Waals surface area contributed by atoms with E-state index in [2.05, 4.69) is 0 Å². The van der Waals surface area contributed by atoms with E-state index in [-0.39, 0.29) is 27.6 Å². The van der Waals surface area contributed by atoms with Gasteiger partial charge >= 0.3 is 23.9 Å². The summed E-state index contributed by atoms with van der Waals surface area (Å²) in [6.45, 7) is 2.38. The summed E-state index contributed by atoms with van der Waals surface area (Å²) in [4.78, 5) is 45.1. The lowest BCUT2D eigenvalue weighted by atomic mass is 9.97. The molecule has 0 atom stereocenters. The van der Waals surface area contributed by atoms with Gasteiger partial charge in [0.2, 0.25) is 0 Å². The van der Waals surface area contributed by atoms with Gasteiger partial charge in [0.15, 0.2) is 0 Å². The summed E-state index contributed by atoms with van der Waals surface area (Å²) >= 11 is 0. The van der Waals surface area contributed by atoms with E-state index in [1.165, 1.54) is 103 Å². The van der Waals surface area contributed by atoms with Crippen molar-refractivity contribution in [2.75, 3.05) is 6.61 Å². The minimum absolute atomic E-state index is 0.0379. The van der Waals surface area contributed by atoms with E-state index in [4.69, 9.17) is 20.1 Å². The Labute approximate surface area is 303 Å². The molecule has 4 rings (SSSR count). The number of carboxylic acids is 3. The Balaban J connectivity index is 0.000000271. The van der Waals surface area contributed by atoms with Gasteiger partial charge in [0.1, 0.15) is 0 Å². The fourth-order valence-electron chi connectivity index (χ4n) is 7.84. The summed E-state index contributed by atoms with van der Waals surface area (Å²) in [5, 5.41) is 27.4. The SMILES string of the molecule is CCOC(=O)C1(CCCCCCCCCCCCC2(C(=O)O)CC2)CC1.O=C(O)C1(CCCCCCCCCCCCC2(C(=O)O)CC2)CC1. The van der Waals surface area contributed by atoms with E-state index in [0.29, 0.717) is 6.61 Å². The first-order valence-electron chi connectivity index (χ1n) is 20.9. The molecule has 288 valence electrons. The lowest BCUT2D eigenvalue weighted by molar-refractivity contribution is -0.150. The zero-order chi connectivity index (χ0) is 36.4. The second kappa shape index (κ2) is 21.4. The molecule has 0 aromatic carbocycles. The van der Waals surface area contributed by atoms with Crippen LogP contribution in [0.5, 0.6) is 0 Å². The number of hydrogen-bond acceptors (Lipinski definition) is 5. The maximum absolute atomic E-state index is 11.9. The minimum Gasteiger partial charge on any atom is -0.481 e. The van der Waals surface area contributed by atoms with E-state index >= 15 is 0 Å². The smallest absolute Gasteiger partial charge is 0.312 e. The van der Waals surface area contributed by atoms with Gasteiger partial charge in [0, 0.05) is 0 Å². The highest BCUT2D eigenvalue weighted by molar-refractivity contribution is 5.80. The molecule has 0 aliphatic heterocycles. The summed E-state index contributed by atoms with van der Waals surface area (Å²) in [5.74, 6) is -1.71. The molecule has 4 aliphatic rings. The van der Waals surface area contributed by atoms with Crippen LogP contribution < -0.4 is 0 Å². The zero-order valence-corrected chi connectivity index (χ0v) is 31.7. The van der Waals surface area contributed by atoms with E-state index in [9.17, 15) is 19.2 Å². The Kier molecular flexibility index (Phi) is 18.1. The molecule has 8 heteroatoms. The molecule has 4 saturated carbocycles. The van der Waals surface area contributed by atoms with Crippen LogP contribution in [-0.2, 0) is 23.9 Å². The monoisotopic (exact) mass is 705 g/mol. The highest BCUT2D eigenvalue weighted by atomic mass is 16.5. The summed E-state index contributed by atoms with van der Waals surface area (Å²) in [5.41, 5.74) is -1.10. The van der Waals surface area contributed by atoms with Crippen LogP contribution in [0.25, 0.3) is 0 Å². The third-order valence-corrected chi connectivity index (χ3v) is 12.6. The Morgan fingerprint density at radius 1 is 0.380 bits per heavy atom. The largest absolute Gasteiger partial charge is 0.481 e. The van der Waals surface area contributed by atoms with E-state index < -0.39 is 17.9 Å². The number of esters is 1. The van der Waals surface area contributed by atoms with E-state index in [1.807, 2.05) is 6.92 Å². The zero-order valence-electron chi connectivity index (χ0n) is 31.7. The number of unbranched alkanes of at least 4 members (excludes halogenated alkanes) is 18. The van der Waals surface area contributed by atoms with Gasteiger partial charge in [-0.25, -0.2) is 0 Å². The van der Waals surface area contributed by atoms with Crippen molar-refractivity contribution >= 4 is 23.9 Å². The summed E-state index contributed by atoms with van der Waals surface area (Å²) < 4.78 is 5.19. The van der Waals surface area contributed by atoms with Crippen molar-refractivity contribution in [1.29, 1.82) is 0 Å². The number of rotatable bonds is 31. The van der Waals surface area contributed by atoms with Crippen LogP contribution in [0.3, 0.4) is 0 Å². The average Bonchev–Trinajstić information content (AvgIpc) is 3.89. The van der Waals surface area contributed by atoms with Crippen LogP contribution in [0.2, 0.25) is 0 Å². The Bertz CT molecular complexity index is 994. The van der Waals surface area contributed by atoms with Crippen molar-refractivity contribution in [3.05, 3.63) is 0 Å². The maximum atomic E-state index is 11.9. The van der Waals surface area contributed by atoms with Crippen molar-refractivity contribution in [3.8, 4) is 0 Å². The molecule has 8 nitrogen and oxygen atoms in total. The molecule has 0 aromatic rings. The lowest BCUT2D eigenvalue weighted by Gasteiger charge is -2.13. The van der Waals surface area contributed by atoms with Crippen molar-refractivity contribution in [1.82, 2.24) is 0 Å². The van der Waals surface area contributed by atoms with Gasteiger partial charge in [0.25, 0.3) is 0 Å². The first kappa shape index (κ1) is 42.3. The number of carbonyl (C=O) groups is 4. The molecule has 4 fully saturated rings. The fourth-order valence-corrected chi connectivity index (χ4v) is 7.84. The molecule has 0 aromatic heterocycles. The maximum Gasteiger partial charge on any atom is 0.312 e. The molecule has 0 unspecified atom stereocenters. The average molecular weight is 705 g/mol. The van der Waals surface area contributed by atoms with Gasteiger partial charge in [-0.1, -0.05) is 128 Å². The fraction of sp³-hybridized carbons (Fsp3) is 0.905. The molecule has 0 spiro atoms. The number of hydrogen-bond donors (Lipinski definition) is 3. The standard InChI is InChI=1S/C22H38O4.C20H34O4/c1-2-26-20(25)22(17-18-22)14-12-10-8-6-4-3-5-7-9-11-13-21(15-16-21)19(23)24;21-17(22)19(13-14-19)11-9-7-5-3-1-2-4-6-8-10-12-20(15-16-20)18(23)24/h2-18H2,1H3,(H,23,24);1-16H2,(H,21,22)(H,23,24). The molecule has 0 radical (unpaired) electrons. The van der Waals surface area contributed by atoms with E-state index in [0.717, 1.165) is 103 Å². The quantitative estimate of drug-likeness (QED) is 0.0479. The summed E-state index contributed by atoms with van der Waals surface area (Å²) in [6, 6.07) is 0. The van der Waals surface area contributed by atoms with Crippen molar-refractivity contribution in [2.45, 2.75) is 212 Å². The van der Waals surface area contributed by atoms with Crippen molar-refractivity contribution < 1.29 is 39.2 Å². The Hall–Kier alpha value is -2.12. The van der Waals surface area contributed by atoms with Crippen LogP contribution in [0.1, 0.15) is 212 Å². The lowest BCUT2D eigenvalue weighted by Crippen LogP contribution is -2.18. The second-order valence-corrected chi connectivity index (χ2v) is 16.8. The minimum atomic E-state index is -0.585. The van der Waals surface area contributed by atoms with Gasteiger partial charge < -0.3 is 20.1 Å². The number of carbonyl (C=O) groups excluding carboxylic acids is 1. The first-order chi connectivity index (χ1) is 24.1. The third kappa shape index (κ3) is 14.9. The molecule has 50 heavy (non-hydrogen) atoms. The van der Waals surface area contributed by atoms with Crippen LogP contribution in [0.15, 0.2) is 0 Å². The predicted molar refractivity (Wildman–Crippen MR) is 197 cm³/mol. The number of aliphatic carboxylic acids is 3. The van der Waals surface area contributed by atoms with Gasteiger partial charge in [-0.3, -0.25) is 19.2 Å². The second-order valence-electron chi connectivity index (χ2n) is 16.8. The van der Waals surface area contributed by atoms with Crippen LogP contribution in [0, 0.1) is 21.7 Å². The molecule has 0 bridgehead atoms. The third-order valence-electron chi connectivity index (χ3n) is 12.6. The predicted octanol–water partition coefficient (Wildman–Crippen LogP) is 11.3. The Morgan fingerprint density at radius 2 is 0.580 bits per heavy atom. The van der Waals surface area contributed by atoms with Crippen molar-refractivity contribution in [3.63, 3.8) is 0 Å².